The smallest absolute Gasteiger partial charge is 0.212 e. The molecular weight excluding hydrogens is 270 g/mol. The van der Waals surface area contributed by atoms with Crippen LogP contribution in [-0.4, -0.2) is 19.3 Å². The van der Waals surface area contributed by atoms with Crippen LogP contribution in [0, 0.1) is 0 Å². The second-order valence-corrected chi connectivity index (χ2v) is 6.62. The van der Waals surface area contributed by atoms with Crippen LogP contribution in [0.2, 0.25) is 0 Å². The van der Waals surface area contributed by atoms with E-state index in [1.54, 1.807) is 0 Å². The number of rotatable bonds is 6. The summed E-state index contributed by atoms with van der Waals surface area (Å²) in [6, 6.07) is 19.0. The molecule has 0 bridgehead atoms. The van der Waals surface area contributed by atoms with Gasteiger partial charge >= 0.3 is 0 Å². The first-order valence-corrected chi connectivity index (χ1v) is 8.28. The summed E-state index contributed by atoms with van der Waals surface area (Å²) >= 11 is 0. The van der Waals surface area contributed by atoms with Crippen LogP contribution >= 0.6 is 0 Å². The Hall–Kier alpha value is -1.65. The molecule has 0 atom stereocenters. The summed E-state index contributed by atoms with van der Waals surface area (Å²) in [5.41, 5.74) is 1.82. The number of nitrogens with zero attached hydrogens (tertiary/aromatic N) is 1. The molecule has 0 aliphatic heterocycles. The Kier molecular flexibility index (Phi) is 4.93. The summed E-state index contributed by atoms with van der Waals surface area (Å²) in [6.07, 6.45) is 0. The van der Waals surface area contributed by atoms with Crippen LogP contribution in [0.15, 0.2) is 60.7 Å². The molecule has 2 rings (SSSR count). The van der Waals surface area contributed by atoms with Gasteiger partial charge in [0.15, 0.2) is 0 Å². The largest absolute Gasteiger partial charge is 0.218 e. The highest BCUT2D eigenvalue weighted by Crippen LogP contribution is 2.14. The van der Waals surface area contributed by atoms with Crippen LogP contribution in [-0.2, 0) is 22.3 Å². The highest BCUT2D eigenvalue weighted by molar-refractivity contribution is 7.88. The van der Waals surface area contributed by atoms with Gasteiger partial charge in [0.2, 0.25) is 10.0 Å². The van der Waals surface area contributed by atoms with E-state index in [9.17, 15) is 8.42 Å². The number of hydrogen-bond acceptors (Lipinski definition) is 2. The molecule has 0 aliphatic carbocycles. The first-order valence-electron chi connectivity index (χ1n) is 6.67. The lowest BCUT2D eigenvalue weighted by molar-refractivity contribution is 0.423. The summed E-state index contributed by atoms with van der Waals surface area (Å²) < 4.78 is 26.4. The third kappa shape index (κ3) is 3.92. The van der Waals surface area contributed by atoms with Crippen molar-refractivity contribution in [2.75, 3.05) is 6.54 Å². The van der Waals surface area contributed by atoms with Gasteiger partial charge in [-0.1, -0.05) is 67.6 Å². The highest BCUT2D eigenvalue weighted by atomic mass is 32.2. The van der Waals surface area contributed by atoms with Gasteiger partial charge < -0.3 is 0 Å². The summed E-state index contributed by atoms with van der Waals surface area (Å²) in [4.78, 5) is 0. The molecule has 0 aromatic heterocycles. The molecule has 2 aromatic carbocycles. The molecule has 0 radical (unpaired) electrons. The third-order valence-corrected chi connectivity index (χ3v) is 5.01. The molecule has 0 fully saturated rings. The van der Waals surface area contributed by atoms with Crippen molar-refractivity contribution >= 4 is 10.0 Å². The third-order valence-electron chi connectivity index (χ3n) is 3.14. The monoisotopic (exact) mass is 289 g/mol. The molecule has 4 heteroatoms. The molecule has 2 aromatic rings. The van der Waals surface area contributed by atoms with E-state index in [1.807, 2.05) is 67.6 Å². The summed E-state index contributed by atoms with van der Waals surface area (Å²) in [5, 5.41) is 0. The zero-order chi connectivity index (χ0) is 14.4. The summed E-state index contributed by atoms with van der Waals surface area (Å²) in [5.74, 6) is 0.0501. The normalized spacial score (nSPS) is 11.7. The Morgan fingerprint density at radius 1 is 0.850 bits per heavy atom. The van der Waals surface area contributed by atoms with Crippen molar-refractivity contribution in [1.29, 1.82) is 0 Å². The maximum Gasteiger partial charge on any atom is 0.218 e. The van der Waals surface area contributed by atoms with Crippen LogP contribution in [0.4, 0.5) is 0 Å². The quantitative estimate of drug-likeness (QED) is 0.819. The average Bonchev–Trinajstić information content (AvgIpc) is 2.46. The SMILES string of the molecule is CCN(Cc1ccccc1)S(=O)(=O)Cc1ccccc1. The van der Waals surface area contributed by atoms with E-state index in [0.29, 0.717) is 13.1 Å². The molecule has 0 heterocycles. The van der Waals surface area contributed by atoms with E-state index < -0.39 is 10.0 Å². The Morgan fingerprint density at radius 2 is 1.35 bits per heavy atom. The number of benzene rings is 2. The van der Waals surface area contributed by atoms with E-state index in [1.165, 1.54) is 4.31 Å². The van der Waals surface area contributed by atoms with Crippen LogP contribution in [0.5, 0.6) is 0 Å². The minimum Gasteiger partial charge on any atom is -0.212 e. The minimum atomic E-state index is -3.29. The van der Waals surface area contributed by atoms with E-state index in [0.717, 1.165) is 11.1 Å². The van der Waals surface area contributed by atoms with E-state index in [4.69, 9.17) is 0 Å². The van der Waals surface area contributed by atoms with Crippen LogP contribution < -0.4 is 0 Å². The zero-order valence-electron chi connectivity index (χ0n) is 11.6. The van der Waals surface area contributed by atoms with Gasteiger partial charge in [-0.2, -0.15) is 4.31 Å². The van der Waals surface area contributed by atoms with Crippen molar-refractivity contribution < 1.29 is 8.42 Å². The van der Waals surface area contributed by atoms with Crippen LogP contribution in [0.1, 0.15) is 18.1 Å². The maximum atomic E-state index is 12.5. The van der Waals surface area contributed by atoms with Crippen LogP contribution in [0.3, 0.4) is 0 Å². The van der Waals surface area contributed by atoms with Crippen molar-refractivity contribution in [3.8, 4) is 0 Å². The molecule has 0 aliphatic rings. The Morgan fingerprint density at radius 3 is 1.85 bits per heavy atom. The topological polar surface area (TPSA) is 37.4 Å². The first-order chi connectivity index (χ1) is 9.62. The van der Waals surface area contributed by atoms with Gasteiger partial charge in [-0.3, -0.25) is 0 Å². The molecule has 0 N–H and O–H groups in total. The number of sulfonamides is 1. The second kappa shape index (κ2) is 6.68. The number of hydrogen-bond donors (Lipinski definition) is 0. The van der Waals surface area contributed by atoms with Gasteiger partial charge in [-0.15, -0.1) is 0 Å². The molecular formula is C16H19NO2S. The first kappa shape index (κ1) is 14.8. The molecule has 0 saturated heterocycles. The predicted molar refractivity (Wildman–Crippen MR) is 81.6 cm³/mol. The fourth-order valence-electron chi connectivity index (χ4n) is 2.07. The molecule has 0 amide bonds. The molecule has 106 valence electrons. The molecule has 0 saturated carbocycles. The Balaban J connectivity index is 2.14. The lowest BCUT2D eigenvalue weighted by Crippen LogP contribution is -2.31. The van der Waals surface area contributed by atoms with Crippen molar-refractivity contribution in [3.63, 3.8) is 0 Å². The average molecular weight is 289 g/mol. The van der Waals surface area contributed by atoms with Crippen molar-refractivity contribution in [2.45, 2.75) is 19.2 Å². The lowest BCUT2D eigenvalue weighted by Gasteiger charge is -2.20. The van der Waals surface area contributed by atoms with Gasteiger partial charge in [0.1, 0.15) is 0 Å². The minimum absolute atomic E-state index is 0.0501. The fourth-order valence-corrected chi connectivity index (χ4v) is 3.61. The standard InChI is InChI=1S/C16H19NO2S/c1-2-17(13-15-9-5-3-6-10-15)20(18,19)14-16-11-7-4-8-12-16/h3-12H,2,13-14H2,1H3. The van der Waals surface area contributed by atoms with E-state index in [2.05, 4.69) is 0 Å². The maximum absolute atomic E-state index is 12.5. The van der Waals surface area contributed by atoms with Gasteiger partial charge in [-0.25, -0.2) is 8.42 Å². The van der Waals surface area contributed by atoms with Gasteiger partial charge in [0, 0.05) is 13.1 Å². The second-order valence-electron chi connectivity index (χ2n) is 4.65. The van der Waals surface area contributed by atoms with E-state index in [-0.39, 0.29) is 5.75 Å². The predicted octanol–water partition coefficient (Wildman–Crippen LogP) is 3.04. The summed E-state index contributed by atoms with van der Waals surface area (Å²) in [7, 11) is -3.29. The van der Waals surface area contributed by atoms with Crippen LogP contribution in [0.25, 0.3) is 0 Å². The summed E-state index contributed by atoms with van der Waals surface area (Å²) in [6.45, 7) is 2.77. The fraction of sp³-hybridized carbons (Fsp3) is 0.250. The molecule has 0 unspecified atom stereocenters. The lowest BCUT2D eigenvalue weighted by atomic mass is 10.2. The highest BCUT2D eigenvalue weighted by Gasteiger charge is 2.20. The van der Waals surface area contributed by atoms with Crippen molar-refractivity contribution in [2.24, 2.45) is 0 Å². The van der Waals surface area contributed by atoms with Gasteiger partial charge in [0.25, 0.3) is 0 Å². The Labute approximate surface area is 120 Å². The molecule has 20 heavy (non-hydrogen) atoms. The molecule has 0 spiro atoms. The van der Waals surface area contributed by atoms with Gasteiger partial charge in [0.05, 0.1) is 5.75 Å². The zero-order valence-corrected chi connectivity index (χ0v) is 12.4. The van der Waals surface area contributed by atoms with E-state index >= 15 is 0 Å². The van der Waals surface area contributed by atoms with Crippen molar-refractivity contribution in [1.82, 2.24) is 4.31 Å². The van der Waals surface area contributed by atoms with Gasteiger partial charge in [-0.05, 0) is 11.1 Å². The van der Waals surface area contributed by atoms with Crippen molar-refractivity contribution in [3.05, 3.63) is 71.8 Å². The Bertz CT molecular complexity index is 624. The molecule has 3 nitrogen and oxygen atoms in total.